The van der Waals surface area contributed by atoms with Crippen molar-refractivity contribution in [3.63, 3.8) is 0 Å². The monoisotopic (exact) mass is 474 g/mol. The van der Waals surface area contributed by atoms with Crippen molar-refractivity contribution in [2.24, 2.45) is 5.92 Å². The number of piperidine rings is 1. The highest BCUT2D eigenvalue weighted by Gasteiger charge is 2.31. The molecular formula is C26H30N6OS. The fourth-order valence-corrected chi connectivity index (χ4v) is 5.50. The molecule has 3 heterocycles. The number of amides is 1. The molecule has 4 aromatic rings. The van der Waals surface area contributed by atoms with Crippen molar-refractivity contribution in [2.75, 3.05) is 20.1 Å². The van der Waals surface area contributed by atoms with Crippen molar-refractivity contribution < 1.29 is 4.79 Å². The summed E-state index contributed by atoms with van der Waals surface area (Å²) in [6, 6.07) is 18.9. The number of rotatable bonds is 8. The van der Waals surface area contributed by atoms with E-state index < -0.39 is 0 Å². The molecule has 1 amide bonds. The van der Waals surface area contributed by atoms with Gasteiger partial charge in [0.15, 0.2) is 0 Å². The van der Waals surface area contributed by atoms with E-state index in [0.717, 1.165) is 49.9 Å². The molecule has 176 valence electrons. The van der Waals surface area contributed by atoms with E-state index in [0.29, 0.717) is 5.92 Å². The number of likely N-dealkylation sites (tertiary alicyclic amines) is 1. The third-order valence-corrected chi connectivity index (χ3v) is 7.49. The number of hydrogen-bond acceptors (Lipinski definition) is 6. The number of carbonyl (C=O) groups is 1. The summed E-state index contributed by atoms with van der Waals surface area (Å²) in [6.07, 6.45) is 6.59. The lowest BCUT2D eigenvalue weighted by molar-refractivity contribution is -0.134. The molecule has 0 N–H and O–H groups in total. The van der Waals surface area contributed by atoms with Crippen LogP contribution in [-0.2, 0) is 24.3 Å². The van der Waals surface area contributed by atoms with Crippen molar-refractivity contribution in [3.8, 4) is 0 Å². The number of aromatic nitrogens is 4. The van der Waals surface area contributed by atoms with Crippen LogP contribution in [0.5, 0.6) is 0 Å². The number of carbonyl (C=O) groups excluding carboxylic acids is 1. The van der Waals surface area contributed by atoms with Crippen molar-refractivity contribution in [3.05, 3.63) is 78.1 Å². The normalized spacial score (nSPS) is 16.0. The lowest BCUT2D eigenvalue weighted by atomic mass is 9.84. The molecular weight excluding hydrogens is 444 g/mol. The highest BCUT2D eigenvalue weighted by molar-refractivity contribution is 7.00. The Hall–Kier alpha value is -3.10. The average molecular weight is 475 g/mol. The zero-order valence-electron chi connectivity index (χ0n) is 19.5. The molecule has 0 radical (unpaired) electrons. The highest BCUT2D eigenvalue weighted by atomic mass is 32.1. The van der Waals surface area contributed by atoms with E-state index in [4.69, 9.17) is 0 Å². The molecule has 1 aliphatic heterocycles. The summed E-state index contributed by atoms with van der Waals surface area (Å²) in [5.74, 6) is 0.575. The molecule has 5 rings (SSSR count). The van der Waals surface area contributed by atoms with E-state index in [1.165, 1.54) is 22.9 Å². The average Bonchev–Trinajstić information content (AvgIpc) is 3.55. The molecule has 0 aliphatic carbocycles. The van der Waals surface area contributed by atoms with Crippen molar-refractivity contribution >= 4 is 28.7 Å². The quantitative estimate of drug-likeness (QED) is 0.388. The van der Waals surface area contributed by atoms with Crippen LogP contribution < -0.4 is 0 Å². The van der Waals surface area contributed by atoms with E-state index in [2.05, 4.69) is 61.2 Å². The molecule has 1 aliphatic rings. The van der Waals surface area contributed by atoms with Gasteiger partial charge < -0.3 is 4.90 Å². The van der Waals surface area contributed by atoms with Gasteiger partial charge in [0.1, 0.15) is 17.6 Å². The minimum atomic E-state index is 0.109. The maximum absolute atomic E-state index is 13.1. The first kappa shape index (κ1) is 22.7. The predicted octanol–water partition coefficient (Wildman–Crippen LogP) is 3.87. The first-order valence-electron chi connectivity index (χ1n) is 11.9. The van der Waals surface area contributed by atoms with Gasteiger partial charge in [-0.2, -0.15) is 13.8 Å². The fraction of sp³-hybridized carbons (Fsp3) is 0.385. The van der Waals surface area contributed by atoms with Crippen LogP contribution in [0.4, 0.5) is 0 Å². The Morgan fingerprint density at radius 3 is 2.62 bits per heavy atom. The van der Waals surface area contributed by atoms with Crippen LogP contribution in [0.1, 0.15) is 24.0 Å². The van der Waals surface area contributed by atoms with Gasteiger partial charge in [0, 0.05) is 32.0 Å². The molecule has 34 heavy (non-hydrogen) atoms. The lowest BCUT2D eigenvalue weighted by Crippen LogP contribution is -2.48. The molecule has 2 aromatic heterocycles. The van der Waals surface area contributed by atoms with Crippen molar-refractivity contribution in [1.29, 1.82) is 0 Å². The smallest absolute Gasteiger partial charge is 0.244 e. The summed E-state index contributed by atoms with van der Waals surface area (Å²) >= 11 is 1.27. The van der Waals surface area contributed by atoms with Gasteiger partial charge in [-0.3, -0.25) is 14.4 Å². The van der Waals surface area contributed by atoms with Gasteiger partial charge in [0.05, 0.1) is 11.7 Å². The lowest BCUT2D eigenvalue weighted by Gasteiger charge is -2.40. The Morgan fingerprint density at radius 1 is 1.06 bits per heavy atom. The molecule has 0 bridgehead atoms. The second-order valence-corrected chi connectivity index (χ2v) is 9.69. The molecule has 0 unspecified atom stereocenters. The SMILES string of the molecule is CN(C(=O)Cn1cccn1)[C@H](Cc1ccccc1)C1CCN(Cc2ccc3nsnc3c2)CC1. The van der Waals surface area contributed by atoms with Gasteiger partial charge >= 0.3 is 0 Å². The fourth-order valence-electron chi connectivity index (χ4n) is 4.98. The van der Waals surface area contributed by atoms with Crippen LogP contribution in [0.15, 0.2) is 67.0 Å². The molecule has 7 nitrogen and oxygen atoms in total. The summed E-state index contributed by atoms with van der Waals surface area (Å²) in [4.78, 5) is 17.6. The minimum absolute atomic E-state index is 0.109. The van der Waals surface area contributed by atoms with Gasteiger partial charge in [-0.25, -0.2) is 0 Å². The predicted molar refractivity (Wildman–Crippen MR) is 134 cm³/mol. The van der Waals surface area contributed by atoms with Crippen LogP contribution >= 0.6 is 11.7 Å². The number of fused-ring (bicyclic) bond motifs is 1. The second-order valence-electron chi connectivity index (χ2n) is 9.17. The van der Waals surface area contributed by atoms with Crippen LogP contribution in [0.25, 0.3) is 11.0 Å². The number of hydrogen-bond donors (Lipinski definition) is 0. The van der Waals surface area contributed by atoms with Crippen molar-refractivity contribution in [1.82, 2.24) is 28.3 Å². The number of benzene rings is 2. The third kappa shape index (κ3) is 5.34. The Labute approximate surface area is 204 Å². The second kappa shape index (κ2) is 10.4. The maximum Gasteiger partial charge on any atom is 0.244 e. The van der Waals surface area contributed by atoms with Gasteiger partial charge in [-0.1, -0.05) is 36.4 Å². The largest absolute Gasteiger partial charge is 0.341 e. The van der Waals surface area contributed by atoms with Crippen LogP contribution in [-0.4, -0.2) is 60.4 Å². The van der Waals surface area contributed by atoms with Crippen molar-refractivity contribution in [2.45, 2.75) is 38.4 Å². The van der Waals surface area contributed by atoms with Crippen LogP contribution in [0, 0.1) is 5.92 Å². The van der Waals surface area contributed by atoms with Crippen LogP contribution in [0.3, 0.4) is 0 Å². The molecule has 1 atom stereocenters. The Balaban J connectivity index is 1.25. The Bertz CT molecular complexity index is 1200. The first-order chi connectivity index (χ1) is 16.7. The third-order valence-electron chi connectivity index (χ3n) is 6.94. The molecule has 8 heteroatoms. The summed E-state index contributed by atoms with van der Waals surface area (Å²) in [5, 5.41) is 4.21. The summed E-state index contributed by atoms with van der Waals surface area (Å²) < 4.78 is 10.4. The van der Waals surface area contributed by atoms with Gasteiger partial charge in [-0.05, 0) is 67.6 Å². The standard InChI is InChI=1S/C26H30N6OS/c1-30(26(33)19-32-13-5-12-27-32)25(17-20-6-3-2-4-7-20)22-10-14-31(15-11-22)18-21-8-9-23-24(16-21)29-34-28-23/h2-9,12-13,16,22,25H,10-11,14-15,17-19H2,1H3/t25-/m1/s1. The number of nitrogens with zero attached hydrogens (tertiary/aromatic N) is 6. The Kier molecular flexibility index (Phi) is 6.97. The first-order valence-corrected chi connectivity index (χ1v) is 12.6. The molecule has 0 spiro atoms. The summed E-state index contributed by atoms with van der Waals surface area (Å²) in [7, 11) is 1.96. The van der Waals surface area contributed by atoms with Gasteiger partial charge in [0.2, 0.25) is 5.91 Å². The maximum atomic E-state index is 13.1. The van der Waals surface area contributed by atoms with E-state index >= 15 is 0 Å². The van der Waals surface area contributed by atoms with Gasteiger partial charge in [0.25, 0.3) is 0 Å². The molecule has 1 fully saturated rings. The highest BCUT2D eigenvalue weighted by Crippen LogP contribution is 2.28. The van der Waals surface area contributed by atoms with E-state index in [1.54, 1.807) is 10.9 Å². The van der Waals surface area contributed by atoms with E-state index in [9.17, 15) is 4.79 Å². The summed E-state index contributed by atoms with van der Waals surface area (Å²) in [5.41, 5.74) is 4.52. The summed E-state index contributed by atoms with van der Waals surface area (Å²) in [6.45, 7) is 3.27. The van der Waals surface area contributed by atoms with Crippen LogP contribution in [0.2, 0.25) is 0 Å². The van der Waals surface area contributed by atoms with E-state index in [-0.39, 0.29) is 18.5 Å². The minimum Gasteiger partial charge on any atom is -0.341 e. The zero-order valence-corrected chi connectivity index (χ0v) is 20.3. The number of likely N-dealkylation sites (N-methyl/N-ethyl adjacent to an activating group) is 1. The van der Waals surface area contributed by atoms with E-state index in [1.807, 2.05) is 30.3 Å². The molecule has 2 aromatic carbocycles. The Morgan fingerprint density at radius 2 is 1.85 bits per heavy atom. The molecule has 0 saturated carbocycles. The molecule has 1 saturated heterocycles. The van der Waals surface area contributed by atoms with Gasteiger partial charge in [-0.15, -0.1) is 0 Å². The topological polar surface area (TPSA) is 67.2 Å². The zero-order chi connectivity index (χ0) is 23.3.